The van der Waals surface area contributed by atoms with Gasteiger partial charge in [0.05, 0.1) is 32.6 Å². The van der Waals surface area contributed by atoms with Crippen LogP contribution in [-0.4, -0.2) is 38.3 Å². The lowest BCUT2D eigenvalue weighted by molar-refractivity contribution is 0.205. The number of anilines is 1. The number of carbonyl (C=O) groups is 1. The normalized spacial score (nSPS) is 16.0. The summed E-state index contributed by atoms with van der Waals surface area (Å²) in [6, 6.07) is 13.0. The van der Waals surface area contributed by atoms with Gasteiger partial charge in [0.2, 0.25) is 0 Å². The predicted molar refractivity (Wildman–Crippen MR) is 114 cm³/mol. The number of carbonyl (C=O) groups excluding carboxylic acids is 1. The molecular weight excluding hydrogens is 368 g/mol. The Morgan fingerprint density at radius 3 is 2.66 bits per heavy atom. The van der Waals surface area contributed by atoms with Crippen molar-refractivity contribution in [3.63, 3.8) is 0 Å². The van der Waals surface area contributed by atoms with E-state index < -0.39 is 0 Å². The summed E-state index contributed by atoms with van der Waals surface area (Å²) in [6.07, 6.45) is 1.81. The summed E-state index contributed by atoms with van der Waals surface area (Å²) in [7, 11) is 3.28. The number of hydrogen-bond acceptors (Lipinski definition) is 4. The van der Waals surface area contributed by atoms with Crippen molar-refractivity contribution in [3.05, 3.63) is 48.0 Å². The zero-order valence-corrected chi connectivity index (χ0v) is 17.6. The van der Waals surface area contributed by atoms with Crippen molar-refractivity contribution in [2.45, 2.75) is 32.7 Å². The largest absolute Gasteiger partial charge is 0.497 e. The second kappa shape index (κ2) is 9.54. The number of rotatable bonds is 7. The number of methoxy groups -OCH3 is 2. The lowest BCUT2D eigenvalue weighted by Crippen LogP contribution is -2.34. The standard InChI is InChI=1S/C23H30N2O4/c1-16(2)15-29-22-10-6-5-8-19(22)24-23(26)25-13-7-9-20(25)18-14-17(27-3)11-12-21(18)28-4/h5-6,8,10-12,14,16,20H,7,9,13,15H2,1-4H3,(H,24,26). The third-order valence-electron chi connectivity index (χ3n) is 5.01. The highest BCUT2D eigenvalue weighted by Gasteiger charge is 2.32. The van der Waals surface area contributed by atoms with Crippen LogP contribution < -0.4 is 19.5 Å². The number of para-hydroxylation sites is 2. The Balaban J connectivity index is 1.80. The van der Waals surface area contributed by atoms with Crippen molar-refractivity contribution in [2.24, 2.45) is 5.92 Å². The maximum Gasteiger partial charge on any atom is 0.322 e. The molecule has 1 fully saturated rings. The van der Waals surface area contributed by atoms with E-state index in [2.05, 4.69) is 19.2 Å². The Kier molecular flexibility index (Phi) is 6.86. The Morgan fingerprint density at radius 2 is 1.93 bits per heavy atom. The van der Waals surface area contributed by atoms with Crippen LogP contribution in [0.5, 0.6) is 17.2 Å². The van der Waals surface area contributed by atoms with Gasteiger partial charge in [-0.1, -0.05) is 26.0 Å². The van der Waals surface area contributed by atoms with E-state index in [1.807, 2.05) is 47.4 Å². The van der Waals surface area contributed by atoms with Gasteiger partial charge in [0.1, 0.15) is 17.2 Å². The monoisotopic (exact) mass is 398 g/mol. The number of nitrogens with one attached hydrogen (secondary N) is 1. The molecule has 1 N–H and O–H groups in total. The molecule has 29 heavy (non-hydrogen) atoms. The summed E-state index contributed by atoms with van der Waals surface area (Å²) in [5.41, 5.74) is 1.64. The van der Waals surface area contributed by atoms with Crippen molar-refractivity contribution < 1.29 is 19.0 Å². The molecule has 1 aliphatic heterocycles. The van der Waals surface area contributed by atoms with E-state index in [0.29, 0.717) is 30.5 Å². The molecule has 2 aromatic rings. The number of amides is 2. The summed E-state index contributed by atoms with van der Waals surface area (Å²) in [4.78, 5) is 15.0. The fourth-order valence-electron chi connectivity index (χ4n) is 3.57. The SMILES string of the molecule is COc1ccc(OC)c(C2CCCN2C(=O)Nc2ccccc2OCC(C)C)c1. The van der Waals surface area contributed by atoms with Gasteiger partial charge in [0.15, 0.2) is 0 Å². The lowest BCUT2D eigenvalue weighted by atomic mass is 10.0. The molecule has 0 spiro atoms. The van der Waals surface area contributed by atoms with Crippen molar-refractivity contribution in [3.8, 4) is 17.2 Å². The van der Waals surface area contributed by atoms with Crippen LogP contribution in [-0.2, 0) is 0 Å². The molecule has 2 aromatic carbocycles. The van der Waals surface area contributed by atoms with E-state index >= 15 is 0 Å². The highest BCUT2D eigenvalue weighted by Crippen LogP contribution is 2.39. The average molecular weight is 399 g/mol. The van der Waals surface area contributed by atoms with Gasteiger partial charge in [0.25, 0.3) is 0 Å². The van der Waals surface area contributed by atoms with Gasteiger partial charge < -0.3 is 24.4 Å². The first-order valence-electron chi connectivity index (χ1n) is 10.0. The van der Waals surface area contributed by atoms with Gasteiger partial charge in [-0.3, -0.25) is 0 Å². The van der Waals surface area contributed by atoms with E-state index in [4.69, 9.17) is 14.2 Å². The van der Waals surface area contributed by atoms with Gasteiger partial charge >= 0.3 is 6.03 Å². The Morgan fingerprint density at radius 1 is 1.14 bits per heavy atom. The van der Waals surface area contributed by atoms with Gasteiger partial charge in [-0.15, -0.1) is 0 Å². The highest BCUT2D eigenvalue weighted by molar-refractivity contribution is 5.91. The molecule has 6 heteroatoms. The quantitative estimate of drug-likeness (QED) is 0.704. The molecule has 1 atom stereocenters. The number of benzene rings is 2. The maximum absolute atomic E-state index is 13.1. The predicted octanol–water partition coefficient (Wildman–Crippen LogP) is 5.11. The first-order chi connectivity index (χ1) is 14.0. The van der Waals surface area contributed by atoms with E-state index in [-0.39, 0.29) is 12.1 Å². The molecule has 0 saturated carbocycles. The van der Waals surface area contributed by atoms with Crippen LogP contribution in [0.2, 0.25) is 0 Å². The van der Waals surface area contributed by atoms with Gasteiger partial charge in [0, 0.05) is 12.1 Å². The molecule has 0 aliphatic carbocycles. The van der Waals surface area contributed by atoms with Crippen LogP contribution in [0.4, 0.5) is 10.5 Å². The number of hydrogen-bond donors (Lipinski definition) is 1. The topological polar surface area (TPSA) is 60.0 Å². The van der Waals surface area contributed by atoms with Crippen LogP contribution in [0.15, 0.2) is 42.5 Å². The fourth-order valence-corrected chi connectivity index (χ4v) is 3.57. The molecule has 2 amide bonds. The molecule has 1 aliphatic rings. The van der Waals surface area contributed by atoms with Gasteiger partial charge in [-0.05, 0) is 49.1 Å². The average Bonchev–Trinajstić information content (AvgIpc) is 3.22. The van der Waals surface area contributed by atoms with Crippen molar-refractivity contribution >= 4 is 11.7 Å². The molecule has 6 nitrogen and oxygen atoms in total. The Hall–Kier alpha value is -2.89. The molecule has 156 valence electrons. The van der Waals surface area contributed by atoms with Crippen LogP contribution >= 0.6 is 0 Å². The number of ether oxygens (including phenoxy) is 3. The Labute approximate surface area is 172 Å². The summed E-state index contributed by atoms with van der Waals surface area (Å²) in [6.45, 7) is 5.47. The third-order valence-corrected chi connectivity index (χ3v) is 5.01. The fraction of sp³-hybridized carbons (Fsp3) is 0.435. The van der Waals surface area contributed by atoms with Crippen LogP contribution in [0.1, 0.15) is 38.3 Å². The van der Waals surface area contributed by atoms with E-state index in [0.717, 1.165) is 29.9 Å². The van der Waals surface area contributed by atoms with E-state index in [1.54, 1.807) is 14.2 Å². The number of urea groups is 1. The Bertz CT molecular complexity index is 837. The molecule has 3 rings (SSSR count). The van der Waals surface area contributed by atoms with Gasteiger partial charge in [-0.2, -0.15) is 0 Å². The summed E-state index contributed by atoms with van der Waals surface area (Å²) < 4.78 is 16.8. The van der Waals surface area contributed by atoms with Crippen molar-refractivity contribution in [2.75, 3.05) is 32.7 Å². The molecule has 1 unspecified atom stereocenters. The third kappa shape index (κ3) is 4.94. The minimum atomic E-state index is -0.141. The first-order valence-corrected chi connectivity index (χ1v) is 10.0. The lowest BCUT2D eigenvalue weighted by Gasteiger charge is -2.27. The van der Waals surface area contributed by atoms with Crippen molar-refractivity contribution in [1.29, 1.82) is 0 Å². The van der Waals surface area contributed by atoms with Crippen LogP contribution in [0.3, 0.4) is 0 Å². The van der Waals surface area contributed by atoms with E-state index in [9.17, 15) is 4.79 Å². The minimum absolute atomic E-state index is 0.0659. The summed E-state index contributed by atoms with van der Waals surface area (Å²) in [5.74, 6) is 2.60. The number of likely N-dealkylation sites (tertiary alicyclic amines) is 1. The summed E-state index contributed by atoms with van der Waals surface area (Å²) >= 11 is 0. The van der Waals surface area contributed by atoms with Crippen molar-refractivity contribution in [1.82, 2.24) is 4.90 Å². The number of nitrogens with zero attached hydrogens (tertiary/aromatic N) is 1. The van der Waals surface area contributed by atoms with Crippen LogP contribution in [0.25, 0.3) is 0 Å². The molecule has 0 aromatic heterocycles. The van der Waals surface area contributed by atoms with Crippen LogP contribution in [0, 0.1) is 5.92 Å². The smallest absolute Gasteiger partial charge is 0.322 e. The molecular formula is C23H30N2O4. The maximum atomic E-state index is 13.1. The minimum Gasteiger partial charge on any atom is -0.497 e. The van der Waals surface area contributed by atoms with Gasteiger partial charge in [-0.25, -0.2) is 4.79 Å². The van der Waals surface area contributed by atoms with E-state index in [1.165, 1.54) is 0 Å². The molecule has 1 heterocycles. The first kappa shape index (κ1) is 20.8. The molecule has 0 radical (unpaired) electrons. The zero-order chi connectivity index (χ0) is 20.8. The summed E-state index contributed by atoms with van der Waals surface area (Å²) in [5, 5.41) is 3.03. The second-order valence-corrected chi connectivity index (χ2v) is 7.59. The zero-order valence-electron chi connectivity index (χ0n) is 17.6. The highest BCUT2D eigenvalue weighted by atomic mass is 16.5. The molecule has 1 saturated heterocycles. The second-order valence-electron chi connectivity index (χ2n) is 7.59. The molecule has 0 bridgehead atoms.